The van der Waals surface area contributed by atoms with E-state index in [0.717, 1.165) is 5.57 Å². The van der Waals surface area contributed by atoms with Gasteiger partial charge in [0.2, 0.25) is 0 Å². The summed E-state index contributed by atoms with van der Waals surface area (Å²) in [7, 11) is 0. The summed E-state index contributed by atoms with van der Waals surface area (Å²) in [5.41, 5.74) is 8.61. The van der Waals surface area contributed by atoms with Crippen LogP contribution >= 0.6 is 0 Å². The van der Waals surface area contributed by atoms with Gasteiger partial charge >= 0.3 is 0 Å². The Bertz CT molecular complexity index is 476. The Hall–Kier alpha value is -1.37. The van der Waals surface area contributed by atoms with E-state index in [4.69, 9.17) is 0 Å². The second kappa shape index (κ2) is 4.87. The summed E-state index contributed by atoms with van der Waals surface area (Å²) in [5, 5.41) is 0. The normalized spacial score (nSPS) is 11.8. The lowest BCUT2D eigenvalue weighted by Gasteiger charge is -2.16. The minimum absolute atomic E-state index is 0.139. The summed E-state index contributed by atoms with van der Waals surface area (Å²) in [5.74, 6) is 0.139. The van der Waals surface area contributed by atoms with Crippen LogP contribution in [0.15, 0.2) is 5.57 Å². The predicted octanol–water partition coefficient (Wildman–Crippen LogP) is 4.22. The molecule has 0 aliphatic carbocycles. The van der Waals surface area contributed by atoms with Crippen LogP contribution in [0.2, 0.25) is 0 Å². The smallest absolute Gasteiger partial charge is 0.155 e. The predicted molar refractivity (Wildman–Crippen MR) is 74.5 cm³/mol. The Labute approximate surface area is 105 Å². The van der Waals surface area contributed by atoms with Gasteiger partial charge in [-0.3, -0.25) is 4.79 Å². The molecular weight excluding hydrogens is 208 g/mol. The average Bonchev–Trinajstić information content (AvgIpc) is 2.29. The van der Waals surface area contributed by atoms with Crippen molar-refractivity contribution in [3.8, 4) is 0 Å². The Balaban J connectivity index is 3.56. The molecule has 1 rings (SSSR count). The fraction of sp³-hybridized carbons (Fsp3) is 0.438. The average molecular weight is 230 g/mol. The first-order chi connectivity index (χ1) is 7.77. The number of Topliss-reactive ketones (excluding diaryl/α,β-unsaturated/α-hetero) is 1. The van der Waals surface area contributed by atoms with E-state index in [1.807, 2.05) is 13.0 Å². The standard InChI is InChI=1S/C16H22O/c1-9(15(7)17)8-16-13(5)11(3)10(2)12(4)14(16)6/h8H,1-7H3. The molecule has 92 valence electrons. The van der Waals surface area contributed by atoms with Crippen molar-refractivity contribution in [2.24, 2.45) is 0 Å². The molecule has 0 unspecified atom stereocenters. The van der Waals surface area contributed by atoms with Crippen LogP contribution in [0.5, 0.6) is 0 Å². The van der Waals surface area contributed by atoms with Gasteiger partial charge in [-0.2, -0.15) is 0 Å². The minimum Gasteiger partial charge on any atom is -0.295 e. The van der Waals surface area contributed by atoms with Crippen LogP contribution in [0.1, 0.15) is 47.2 Å². The summed E-state index contributed by atoms with van der Waals surface area (Å²) < 4.78 is 0. The number of carbonyl (C=O) groups excluding carboxylic acids is 1. The number of carbonyl (C=O) groups is 1. The highest BCUT2D eigenvalue weighted by atomic mass is 16.1. The molecule has 0 saturated heterocycles. The van der Waals surface area contributed by atoms with E-state index in [9.17, 15) is 4.79 Å². The van der Waals surface area contributed by atoms with Crippen molar-refractivity contribution in [2.75, 3.05) is 0 Å². The van der Waals surface area contributed by atoms with E-state index in [1.54, 1.807) is 6.92 Å². The fourth-order valence-electron chi connectivity index (χ4n) is 2.06. The van der Waals surface area contributed by atoms with E-state index >= 15 is 0 Å². The molecule has 1 nitrogen and oxygen atoms in total. The van der Waals surface area contributed by atoms with Gasteiger partial charge in [0.25, 0.3) is 0 Å². The topological polar surface area (TPSA) is 17.1 Å². The van der Waals surface area contributed by atoms with Gasteiger partial charge < -0.3 is 0 Å². The van der Waals surface area contributed by atoms with Crippen LogP contribution in [-0.4, -0.2) is 5.78 Å². The molecule has 0 aliphatic heterocycles. The van der Waals surface area contributed by atoms with Crippen LogP contribution in [-0.2, 0) is 4.79 Å². The van der Waals surface area contributed by atoms with E-state index in [1.165, 1.54) is 33.4 Å². The van der Waals surface area contributed by atoms with Crippen molar-refractivity contribution in [1.82, 2.24) is 0 Å². The summed E-state index contributed by atoms with van der Waals surface area (Å²) >= 11 is 0. The lowest BCUT2D eigenvalue weighted by Crippen LogP contribution is -2.01. The van der Waals surface area contributed by atoms with Gasteiger partial charge in [-0.25, -0.2) is 0 Å². The van der Waals surface area contributed by atoms with Crippen molar-refractivity contribution in [3.05, 3.63) is 39.0 Å². The Morgan fingerprint density at radius 1 is 0.765 bits per heavy atom. The van der Waals surface area contributed by atoms with Gasteiger partial charge in [-0.1, -0.05) is 0 Å². The number of benzene rings is 1. The van der Waals surface area contributed by atoms with Crippen LogP contribution in [0.25, 0.3) is 6.08 Å². The monoisotopic (exact) mass is 230 g/mol. The second-order valence-electron chi connectivity index (χ2n) is 4.92. The molecule has 0 fully saturated rings. The van der Waals surface area contributed by atoms with Crippen molar-refractivity contribution in [3.63, 3.8) is 0 Å². The number of hydrogen-bond acceptors (Lipinski definition) is 1. The Kier molecular flexibility index (Phi) is 3.92. The molecule has 1 heteroatoms. The molecule has 0 bridgehead atoms. The van der Waals surface area contributed by atoms with E-state index in [0.29, 0.717) is 0 Å². The lowest BCUT2D eigenvalue weighted by molar-refractivity contribution is -0.113. The number of hydrogen-bond donors (Lipinski definition) is 0. The Morgan fingerprint density at radius 2 is 1.12 bits per heavy atom. The molecule has 17 heavy (non-hydrogen) atoms. The quantitative estimate of drug-likeness (QED) is 0.695. The zero-order valence-electron chi connectivity index (χ0n) is 12.0. The van der Waals surface area contributed by atoms with Crippen LogP contribution < -0.4 is 0 Å². The van der Waals surface area contributed by atoms with Gasteiger partial charge in [0.05, 0.1) is 0 Å². The van der Waals surface area contributed by atoms with E-state index < -0.39 is 0 Å². The highest BCUT2D eigenvalue weighted by Crippen LogP contribution is 2.27. The molecular formula is C16H22O. The fourth-order valence-corrected chi connectivity index (χ4v) is 2.06. The zero-order chi connectivity index (χ0) is 13.3. The SMILES string of the molecule is CC(=O)C(C)=Cc1c(C)c(C)c(C)c(C)c1C. The molecule has 0 amide bonds. The molecule has 1 aromatic rings. The number of ketones is 1. The maximum Gasteiger partial charge on any atom is 0.155 e. The van der Waals surface area contributed by atoms with Gasteiger partial charge in [0, 0.05) is 0 Å². The van der Waals surface area contributed by atoms with E-state index in [-0.39, 0.29) is 5.78 Å². The highest BCUT2D eigenvalue weighted by Gasteiger charge is 2.11. The van der Waals surface area contributed by atoms with Crippen molar-refractivity contribution >= 4 is 11.9 Å². The van der Waals surface area contributed by atoms with Gasteiger partial charge in [0.1, 0.15) is 0 Å². The van der Waals surface area contributed by atoms with Gasteiger partial charge in [0.15, 0.2) is 5.78 Å². The molecule has 0 atom stereocenters. The van der Waals surface area contributed by atoms with E-state index in [2.05, 4.69) is 34.6 Å². The summed E-state index contributed by atoms with van der Waals surface area (Å²) in [6.07, 6.45) is 2.02. The summed E-state index contributed by atoms with van der Waals surface area (Å²) in [6, 6.07) is 0. The first-order valence-corrected chi connectivity index (χ1v) is 6.03. The number of allylic oxidation sites excluding steroid dienone is 1. The van der Waals surface area contributed by atoms with Crippen molar-refractivity contribution in [1.29, 1.82) is 0 Å². The van der Waals surface area contributed by atoms with Crippen molar-refractivity contribution in [2.45, 2.75) is 48.5 Å². The maximum absolute atomic E-state index is 11.3. The highest BCUT2D eigenvalue weighted by molar-refractivity contribution is 5.97. The largest absolute Gasteiger partial charge is 0.295 e. The molecule has 0 aliphatic rings. The first-order valence-electron chi connectivity index (χ1n) is 6.03. The lowest BCUT2D eigenvalue weighted by atomic mass is 9.88. The summed E-state index contributed by atoms with van der Waals surface area (Å²) in [4.78, 5) is 11.3. The zero-order valence-corrected chi connectivity index (χ0v) is 12.0. The third-order valence-corrected chi connectivity index (χ3v) is 3.97. The third kappa shape index (κ3) is 2.49. The van der Waals surface area contributed by atoms with Crippen LogP contribution in [0.4, 0.5) is 0 Å². The summed E-state index contributed by atoms with van der Waals surface area (Å²) in [6.45, 7) is 14.2. The van der Waals surface area contributed by atoms with Crippen LogP contribution in [0.3, 0.4) is 0 Å². The first kappa shape index (κ1) is 13.7. The Morgan fingerprint density at radius 3 is 1.47 bits per heavy atom. The molecule has 0 radical (unpaired) electrons. The molecule has 0 N–H and O–H groups in total. The molecule has 1 aromatic carbocycles. The number of rotatable bonds is 2. The van der Waals surface area contributed by atoms with Crippen molar-refractivity contribution < 1.29 is 4.79 Å². The molecule has 0 heterocycles. The molecule has 0 spiro atoms. The second-order valence-corrected chi connectivity index (χ2v) is 4.92. The minimum atomic E-state index is 0.139. The molecule has 0 saturated carbocycles. The maximum atomic E-state index is 11.3. The van der Waals surface area contributed by atoms with Gasteiger partial charge in [-0.15, -0.1) is 0 Å². The van der Waals surface area contributed by atoms with Crippen LogP contribution in [0, 0.1) is 34.6 Å². The third-order valence-electron chi connectivity index (χ3n) is 3.97. The van der Waals surface area contributed by atoms with Gasteiger partial charge in [-0.05, 0) is 93.5 Å². The molecule has 0 aromatic heterocycles.